The van der Waals surface area contributed by atoms with E-state index >= 15 is 0 Å². The molecule has 0 amide bonds. The van der Waals surface area contributed by atoms with E-state index in [0.717, 1.165) is 94.3 Å². The zero-order valence-corrected chi connectivity index (χ0v) is 29.8. The summed E-state index contributed by atoms with van der Waals surface area (Å²) in [6.45, 7) is 0. The molecule has 0 aliphatic carbocycles. The van der Waals surface area contributed by atoms with Gasteiger partial charge >= 0.3 is 0 Å². The van der Waals surface area contributed by atoms with Crippen molar-refractivity contribution in [3.8, 4) is 33.4 Å². The summed E-state index contributed by atoms with van der Waals surface area (Å²) >= 11 is 0. The van der Waals surface area contributed by atoms with Gasteiger partial charge in [0.25, 0.3) is 0 Å². The van der Waals surface area contributed by atoms with E-state index in [0.29, 0.717) is 0 Å². The van der Waals surface area contributed by atoms with Gasteiger partial charge in [-0.05, 0) is 75.7 Å². The van der Waals surface area contributed by atoms with E-state index in [1.54, 1.807) is 0 Å². The Morgan fingerprint density at radius 3 is 1.80 bits per heavy atom. The molecule has 0 radical (unpaired) electrons. The minimum absolute atomic E-state index is 0.843. The molecule has 2 aromatic heterocycles. The van der Waals surface area contributed by atoms with Gasteiger partial charge in [-0.25, -0.2) is 0 Å². The molecule has 0 N–H and O–H groups in total. The highest BCUT2D eigenvalue weighted by atomic mass is 16.3. The Morgan fingerprint density at radius 1 is 0.345 bits per heavy atom. The van der Waals surface area contributed by atoms with Crippen LogP contribution in [0.4, 0.5) is 17.1 Å². The summed E-state index contributed by atoms with van der Waals surface area (Å²) in [6.07, 6.45) is 0. The first kappa shape index (κ1) is 31.2. The van der Waals surface area contributed by atoms with Gasteiger partial charge in [0.05, 0.1) is 11.4 Å². The van der Waals surface area contributed by atoms with Crippen LogP contribution in [0.25, 0.3) is 88.0 Å². The van der Waals surface area contributed by atoms with Crippen molar-refractivity contribution in [3.05, 3.63) is 200 Å². The topological polar surface area (TPSA) is 29.5 Å². The van der Waals surface area contributed by atoms with Crippen molar-refractivity contribution in [2.75, 3.05) is 4.90 Å². The zero-order chi connectivity index (χ0) is 36.3. The molecule has 0 saturated heterocycles. The van der Waals surface area contributed by atoms with Gasteiger partial charge in [0.15, 0.2) is 5.58 Å². The lowest BCUT2D eigenvalue weighted by Crippen LogP contribution is -2.12. The van der Waals surface area contributed by atoms with E-state index in [4.69, 9.17) is 8.83 Å². The van der Waals surface area contributed by atoms with Gasteiger partial charge < -0.3 is 13.7 Å². The van der Waals surface area contributed by atoms with Crippen LogP contribution in [-0.2, 0) is 0 Å². The summed E-state index contributed by atoms with van der Waals surface area (Å²) in [6, 6.07) is 70.9. The maximum atomic E-state index is 6.77. The number of hydrogen-bond donors (Lipinski definition) is 0. The highest BCUT2D eigenvalue weighted by Crippen LogP contribution is 2.49. The maximum absolute atomic E-state index is 6.77. The zero-order valence-electron chi connectivity index (χ0n) is 29.8. The second-order valence-electron chi connectivity index (χ2n) is 14.0. The molecule has 3 heteroatoms. The van der Waals surface area contributed by atoms with E-state index in [9.17, 15) is 0 Å². The van der Waals surface area contributed by atoms with E-state index in [-0.39, 0.29) is 0 Å². The van der Waals surface area contributed by atoms with Crippen LogP contribution in [0.1, 0.15) is 0 Å². The molecule has 2 heterocycles. The van der Waals surface area contributed by atoms with E-state index in [1.165, 1.54) is 10.8 Å². The van der Waals surface area contributed by atoms with E-state index < -0.39 is 0 Å². The highest BCUT2D eigenvalue weighted by Gasteiger charge is 2.25. The molecule has 0 aliphatic heterocycles. The number of rotatable bonds is 6. The molecular weight excluding hydrogens is 671 g/mol. The number of para-hydroxylation sites is 3. The summed E-state index contributed by atoms with van der Waals surface area (Å²) < 4.78 is 13.1. The van der Waals surface area contributed by atoms with Crippen molar-refractivity contribution in [1.29, 1.82) is 0 Å². The van der Waals surface area contributed by atoms with Gasteiger partial charge in [-0.1, -0.05) is 158 Å². The molecule has 3 nitrogen and oxygen atoms in total. The molecule has 55 heavy (non-hydrogen) atoms. The second kappa shape index (κ2) is 12.6. The molecule has 9 aromatic carbocycles. The molecule has 0 atom stereocenters. The fourth-order valence-corrected chi connectivity index (χ4v) is 8.46. The maximum Gasteiger partial charge on any atom is 0.159 e. The lowest BCUT2D eigenvalue weighted by molar-refractivity contribution is 0.669. The summed E-state index contributed by atoms with van der Waals surface area (Å²) in [5.74, 6) is 0. The van der Waals surface area contributed by atoms with E-state index in [1.807, 2.05) is 12.1 Å². The standard InChI is InChI=1S/C52H33NO2/c1-3-15-34(16-4-1)39-25-13-27-44(49(39)35-17-5-2-6-18-35)53(45-28-14-26-42-41-22-7-9-29-46(41)55-52(42)45)38-21-11-20-37(33-38)40-24-12-19-36-31-32-48-51(50(36)40)43-23-8-10-30-47(43)54-48/h1-33H. The molecular formula is C52H33NO2. The van der Waals surface area contributed by atoms with Gasteiger partial charge in [-0.3, -0.25) is 0 Å². The molecule has 0 bridgehead atoms. The van der Waals surface area contributed by atoms with Gasteiger partial charge in [0.2, 0.25) is 0 Å². The van der Waals surface area contributed by atoms with Gasteiger partial charge in [0, 0.05) is 38.2 Å². The average molecular weight is 704 g/mol. The Labute approximate surface area is 317 Å². The van der Waals surface area contributed by atoms with Crippen LogP contribution in [0, 0.1) is 0 Å². The Balaban J connectivity index is 1.21. The monoisotopic (exact) mass is 703 g/mol. The van der Waals surface area contributed by atoms with Crippen LogP contribution in [0.2, 0.25) is 0 Å². The minimum atomic E-state index is 0.843. The van der Waals surface area contributed by atoms with Crippen LogP contribution in [0.5, 0.6) is 0 Å². The van der Waals surface area contributed by atoms with Crippen molar-refractivity contribution in [2.45, 2.75) is 0 Å². The molecule has 11 aromatic rings. The first-order valence-corrected chi connectivity index (χ1v) is 18.7. The molecule has 0 aliphatic rings. The second-order valence-corrected chi connectivity index (χ2v) is 14.0. The fraction of sp³-hybridized carbons (Fsp3) is 0. The van der Waals surface area contributed by atoms with Crippen LogP contribution in [0.15, 0.2) is 209 Å². The van der Waals surface area contributed by atoms with Crippen molar-refractivity contribution in [1.82, 2.24) is 0 Å². The Bertz CT molecular complexity index is 3210. The van der Waals surface area contributed by atoms with Crippen LogP contribution in [0.3, 0.4) is 0 Å². The smallest absolute Gasteiger partial charge is 0.159 e. The lowest BCUT2D eigenvalue weighted by atomic mass is 9.91. The predicted octanol–water partition coefficient (Wildman–Crippen LogP) is 15.1. The predicted molar refractivity (Wildman–Crippen MR) is 229 cm³/mol. The summed E-state index contributed by atoms with van der Waals surface area (Å²) in [5.41, 5.74) is 13.4. The number of fused-ring (bicyclic) bond motifs is 8. The Kier molecular flexibility index (Phi) is 7.17. The number of hydrogen-bond acceptors (Lipinski definition) is 3. The van der Waals surface area contributed by atoms with Crippen LogP contribution < -0.4 is 4.90 Å². The van der Waals surface area contributed by atoms with Crippen molar-refractivity contribution in [3.63, 3.8) is 0 Å². The molecule has 258 valence electrons. The molecule has 0 unspecified atom stereocenters. The third kappa shape index (κ3) is 5.05. The number of anilines is 3. The van der Waals surface area contributed by atoms with Crippen molar-refractivity contribution in [2.24, 2.45) is 0 Å². The summed E-state index contributed by atoms with van der Waals surface area (Å²) in [4.78, 5) is 2.39. The van der Waals surface area contributed by atoms with Crippen molar-refractivity contribution < 1.29 is 8.83 Å². The van der Waals surface area contributed by atoms with Gasteiger partial charge in [-0.15, -0.1) is 0 Å². The average Bonchev–Trinajstić information content (AvgIpc) is 3.84. The molecule has 0 saturated carbocycles. The van der Waals surface area contributed by atoms with Crippen LogP contribution in [-0.4, -0.2) is 0 Å². The molecule has 11 rings (SSSR count). The largest absolute Gasteiger partial charge is 0.456 e. The minimum Gasteiger partial charge on any atom is -0.456 e. The quantitative estimate of drug-likeness (QED) is 0.173. The van der Waals surface area contributed by atoms with E-state index in [2.05, 4.69) is 193 Å². The summed E-state index contributed by atoms with van der Waals surface area (Å²) in [7, 11) is 0. The lowest BCUT2D eigenvalue weighted by Gasteiger charge is -2.29. The SMILES string of the molecule is c1ccc(-c2cccc(N(c3cccc(-c4cccc5ccc6oc7ccccc7c6c45)c3)c3cccc4c3oc3ccccc34)c2-c2ccccc2)cc1. The number of nitrogens with zero attached hydrogens (tertiary/aromatic N) is 1. The number of benzene rings is 9. The summed E-state index contributed by atoms with van der Waals surface area (Å²) in [5, 5.41) is 6.80. The third-order valence-corrected chi connectivity index (χ3v) is 10.9. The normalized spacial score (nSPS) is 11.6. The van der Waals surface area contributed by atoms with Crippen molar-refractivity contribution >= 4 is 71.7 Å². The third-order valence-electron chi connectivity index (χ3n) is 10.9. The number of furan rings is 2. The Hall–Kier alpha value is -7.36. The first-order chi connectivity index (χ1) is 27.3. The van der Waals surface area contributed by atoms with Crippen LogP contribution >= 0.6 is 0 Å². The first-order valence-electron chi connectivity index (χ1n) is 18.7. The van der Waals surface area contributed by atoms with Gasteiger partial charge in [0.1, 0.15) is 16.7 Å². The highest BCUT2D eigenvalue weighted by molar-refractivity contribution is 6.23. The Morgan fingerprint density at radius 2 is 0.964 bits per heavy atom. The van der Waals surface area contributed by atoms with Gasteiger partial charge in [-0.2, -0.15) is 0 Å². The molecule has 0 fully saturated rings. The molecule has 0 spiro atoms. The fourth-order valence-electron chi connectivity index (χ4n) is 8.46.